The zero-order valence-electron chi connectivity index (χ0n) is 11.8. The van der Waals surface area contributed by atoms with Crippen LogP contribution in [0.2, 0.25) is 0 Å². The number of ketones is 1. The maximum atomic E-state index is 12.0. The van der Waals surface area contributed by atoms with Gasteiger partial charge in [0.15, 0.2) is 11.9 Å². The van der Waals surface area contributed by atoms with Gasteiger partial charge in [-0.05, 0) is 38.6 Å². The fraction of sp³-hybridized carbons (Fsp3) is 0.467. The third-order valence-electron chi connectivity index (χ3n) is 2.97. The minimum Gasteiger partial charge on any atom is -0.460 e. The highest BCUT2D eigenvalue weighted by atomic mass is 32.1. The number of rotatable bonds is 6. The van der Waals surface area contributed by atoms with Gasteiger partial charge in [-0.15, -0.1) is 0 Å². The van der Waals surface area contributed by atoms with Crippen molar-refractivity contribution in [3.8, 4) is 0 Å². The first-order chi connectivity index (χ1) is 9.08. The van der Waals surface area contributed by atoms with Crippen molar-refractivity contribution in [3.05, 3.63) is 35.9 Å². The van der Waals surface area contributed by atoms with E-state index in [1.165, 1.54) is 0 Å². The summed E-state index contributed by atoms with van der Waals surface area (Å²) in [6.07, 6.45) is -0.128. The topological polar surface area (TPSA) is 29.5 Å². The Hall–Kier alpha value is -1.42. The lowest BCUT2D eigenvalue weighted by Crippen LogP contribution is -2.35. The first kappa shape index (κ1) is 15.6. The zero-order valence-corrected chi connectivity index (χ0v) is 12.6. The van der Waals surface area contributed by atoms with Crippen LogP contribution in [0.3, 0.4) is 0 Å². The Morgan fingerprint density at radius 3 is 2.37 bits per heavy atom. The van der Waals surface area contributed by atoms with Gasteiger partial charge in [-0.2, -0.15) is 0 Å². The van der Waals surface area contributed by atoms with Gasteiger partial charge in [0.1, 0.15) is 0 Å². The molecule has 0 amide bonds. The summed E-state index contributed by atoms with van der Waals surface area (Å²) >= 11 is 5.19. The van der Waals surface area contributed by atoms with Gasteiger partial charge in [-0.1, -0.05) is 30.3 Å². The number of Topliss-reactive ketones (excluding diaryl/α,β-unsaturated/α-hetero) is 1. The van der Waals surface area contributed by atoms with Gasteiger partial charge in [-0.3, -0.25) is 4.79 Å². The summed E-state index contributed by atoms with van der Waals surface area (Å²) in [5, 5.41) is 0.402. The molecule has 104 valence electrons. The Balaban J connectivity index is 2.51. The SMILES string of the molecule is CCN(CC)C(=S)OC(C)C(=O)Cc1ccccc1. The van der Waals surface area contributed by atoms with Crippen molar-refractivity contribution in [1.29, 1.82) is 0 Å². The third kappa shape index (κ3) is 4.99. The molecule has 19 heavy (non-hydrogen) atoms. The molecule has 0 aliphatic carbocycles. The fourth-order valence-corrected chi connectivity index (χ4v) is 2.12. The quantitative estimate of drug-likeness (QED) is 0.749. The van der Waals surface area contributed by atoms with Gasteiger partial charge < -0.3 is 9.64 Å². The minimum absolute atomic E-state index is 0.0423. The zero-order chi connectivity index (χ0) is 14.3. The van der Waals surface area contributed by atoms with E-state index in [9.17, 15) is 4.79 Å². The molecule has 0 saturated heterocycles. The number of hydrogen-bond acceptors (Lipinski definition) is 3. The van der Waals surface area contributed by atoms with Crippen LogP contribution >= 0.6 is 12.2 Å². The Morgan fingerprint density at radius 2 is 1.84 bits per heavy atom. The van der Waals surface area contributed by atoms with E-state index in [2.05, 4.69) is 0 Å². The number of benzene rings is 1. The van der Waals surface area contributed by atoms with Gasteiger partial charge in [0, 0.05) is 19.5 Å². The monoisotopic (exact) mass is 279 g/mol. The van der Waals surface area contributed by atoms with Crippen molar-refractivity contribution in [1.82, 2.24) is 4.90 Å². The standard InChI is InChI=1S/C15H21NO2S/c1-4-16(5-2)15(19)18-12(3)14(17)11-13-9-7-6-8-10-13/h6-10,12H,4-5,11H2,1-3H3. The van der Waals surface area contributed by atoms with Crippen LogP contribution in [0, 0.1) is 0 Å². The molecule has 4 heteroatoms. The summed E-state index contributed by atoms with van der Waals surface area (Å²) in [5.74, 6) is 0.0423. The van der Waals surface area contributed by atoms with Crippen molar-refractivity contribution in [2.45, 2.75) is 33.3 Å². The normalized spacial score (nSPS) is 11.7. The summed E-state index contributed by atoms with van der Waals surface area (Å²) < 4.78 is 5.54. The van der Waals surface area contributed by atoms with Crippen molar-refractivity contribution in [2.24, 2.45) is 0 Å². The minimum atomic E-state index is -0.506. The Morgan fingerprint density at radius 1 is 1.26 bits per heavy atom. The van der Waals surface area contributed by atoms with Crippen LogP contribution in [0.1, 0.15) is 26.3 Å². The lowest BCUT2D eigenvalue weighted by molar-refractivity contribution is -0.125. The molecule has 0 fully saturated rings. The van der Waals surface area contributed by atoms with Crippen LogP contribution in [0.4, 0.5) is 0 Å². The lowest BCUT2D eigenvalue weighted by Gasteiger charge is -2.23. The van der Waals surface area contributed by atoms with Crippen LogP contribution in [0.5, 0.6) is 0 Å². The highest BCUT2D eigenvalue weighted by molar-refractivity contribution is 7.80. The molecule has 0 heterocycles. The molecule has 1 aromatic rings. The molecule has 1 atom stereocenters. The highest BCUT2D eigenvalue weighted by Gasteiger charge is 2.18. The van der Waals surface area contributed by atoms with Crippen LogP contribution in [0.25, 0.3) is 0 Å². The van der Waals surface area contributed by atoms with E-state index < -0.39 is 6.10 Å². The van der Waals surface area contributed by atoms with Gasteiger partial charge >= 0.3 is 0 Å². The van der Waals surface area contributed by atoms with Crippen molar-refractivity contribution in [2.75, 3.05) is 13.1 Å². The number of carbonyl (C=O) groups is 1. The molecule has 0 saturated carbocycles. The predicted molar refractivity (Wildman–Crippen MR) is 81.2 cm³/mol. The van der Waals surface area contributed by atoms with E-state index in [4.69, 9.17) is 17.0 Å². The number of hydrogen-bond donors (Lipinski definition) is 0. The van der Waals surface area contributed by atoms with Gasteiger partial charge in [-0.25, -0.2) is 0 Å². The van der Waals surface area contributed by atoms with E-state index in [-0.39, 0.29) is 5.78 Å². The number of carbonyl (C=O) groups excluding carboxylic acids is 1. The van der Waals surface area contributed by atoms with Gasteiger partial charge in [0.2, 0.25) is 0 Å². The molecule has 0 N–H and O–H groups in total. The molecule has 0 aliphatic heterocycles. The predicted octanol–water partition coefficient (Wildman–Crippen LogP) is 2.83. The molecule has 0 aliphatic rings. The maximum absolute atomic E-state index is 12.0. The molecular weight excluding hydrogens is 258 g/mol. The summed E-state index contributed by atoms with van der Waals surface area (Å²) in [7, 11) is 0. The van der Waals surface area contributed by atoms with E-state index >= 15 is 0 Å². The Labute approximate surface area is 120 Å². The van der Waals surface area contributed by atoms with E-state index in [0.29, 0.717) is 11.6 Å². The molecular formula is C15H21NO2S. The van der Waals surface area contributed by atoms with Crippen molar-refractivity contribution in [3.63, 3.8) is 0 Å². The van der Waals surface area contributed by atoms with Crippen LogP contribution < -0.4 is 0 Å². The molecule has 0 bridgehead atoms. The summed E-state index contributed by atoms with van der Waals surface area (Å²) in [6.45, 7) is 7.34. The van der Waals surface area contributed by atoms with Crippen LogP contribution in [-0.2, 0) is 16.0 Å². The second-order valence-electron chi connectivity index (χ2n) is 4.33. The molecule has 0 radical (unpaired) electrons. The van der Waals surface area contributed by atoms with E-state index in [0.717, 1.165) is 18.7 Å². The second-order valence-corrected chi connectivity index (χ2v) is 4.68. The average Bonchev–Trinajstić information content (AvgIpc) is 2.41. The molecule has 0 aromatic heterocycles. The highest BCUT2D eigenvalue weighted by Crippen LogP contribution is 2.06. The van der Waals surface area contributed by atoms with Crippen LogP contribution in [0.15, 0.2) is 30.3 Å². The summed E-state index contributed by atoms with van der Waals surface area (Å²) in [6, 6.07) is 9.66. The van der Waals surface area contributed by atoms with Gasteiger partial charge in [0.05, 0.1) is 0 Å². The maximum Gasteiger partial charge on any atom is 0.259 e. The Kier molecular flexibility index (Phi) is 6.50. The van der Waals surface area contributed by atoms with Crippen LogP contribution in [-0.4, -0.2) is 35.1 Å². The first-order valence-corrected chi connectivity index (χ1v) is 7.01. The van der Waals surface area contributed by atoms with E-state index in [1.807, 2.05) is 49.1 Å². The van der Waals surface area contributed by atoms with Crippen molar-refractivity contribution < 1.29 is 9.53 Å². The first-order valence-electron chi connectivity index (χ1n) is 6.60. The molecule has 3 nitrogen and oxygen atoms in total. The summed E-state index contributed by atoms with van der Waals surface area (Å²) in [4.78, 5) is 14.0. The fourth-order valence-electron chi connectivity index (χ4n) is 1.71. The second kappa shape index (κ2) is 7.89. The lowest BCUT2D eigenvalue weighted by atomic mass is 10.1. The van der Waals surface area contributed by atoms with Gasteiger partial charge in [0.25, 0.3) is 5.17 Å². The molecule has 1 rings (SSSR count). The average molecular weight is 279 g/mol. The number of ether oxygens (including phenoxy) is 1. The van der Waals surface area contributed by atoms with Crippen molar-refractivity contribution >= 4 is 23.2 Å². The molecule has 0 spiro atoms. The molecule has 1 aromatic carbocycles. The molecule has 1 unspecified atom stereocenters. The largest absolute Gasteiger partial charge is 0.460 e. The Bertz CT molecular complexity index is 415. The third-order valence-corrected chi connectivity index (χ3v) is 3.33. The number of nitrogens with zero attached hydrogens (tertiary/aromatic N) is 1. The van der Waals surface area contributed by atoms with E-state index in [1.54, 1.807) is 6.92 Å². The summed E-state index contributed by atoms with van der Waals surface area (Å²) in [5.41, 5.74) is 0.997. The smallest absolute Gasteiger partial charge is 0.259 e. The number of thiocarbonyl (C=S) groups is 1.